The first-order valence-electron chi connectivity index (χ1n) is 6.77. The van der Waals surface area contributed by atoms with Gasteiger partial charge in [-0.3, -0.25) is 4.79 Å². The van der Waals surface area contributed by atoms with E-state index in [0.29, 0.717) is 16.5 Å². The number of thiazole rings is 1. The van der Waals surface area contributed by atoms with Gasteiger partial charge in [0.15, 0.2) is 10.8 Å². The summed E-state index contributed by atoms with van der Waals surface area (Å²) in [7, 11) is 1.26. The monoisotopic (exact) mass is 362 g/mol. The number of nitrogens with one attached hydrogen (secondary N) is 1. The van der Waals surface area contributed by atoms with Crippen LogP contribution in [-0.4, -0.2) is 24.0 Å². The highest BCUT2D eigenvalue weighted by Crippen LogP contribution is 2.25. The first-order valence-corrected chi connectivity index (χ1v) is 8.03. The van der Waals surface area contributed by atoms with Gasteiger partial charge in [-0.15, -0.1) is 11.3 Å². The van der Waals surface area contributed by atoms with Gasteiger partial charge in [0, 0.05) is 11.1 Å². The van der Waals surface area contributed by atoms with Crippen LogP contribution in [0.5, 0.6) is 0 Å². The van der Waals surface area contributed by atoms with Crippen LogP contribution in [0, 0.1) is 0 Å². The van der Waals surface area contributed by atoms with E-state index in [1.54, 1.807) is 29.8 Å². The summed E-state index contributed by atoms with van der Waals surface area (Å²) in [6.07, 6.45) is 1.54. The summed E-state index contributed by atoms with van der Waals surface area (Å²) in [5.41, 5.74) is 0.838. The van der Waals surface area contributed by atoms with Crippen molar-refractivity contribution in [2.45, 2.75) is 0 Å². The van der Waals surface area contributed by atoms with Crippen molar-refractivity contribution in [3.8, 4) is 10.8 Å². The van der Waals surface area contributed by atoms with Gasteiger partial charge in [-0.1, -0.05) is 11.6 Å². The molecular formula is C16H11ClN2O4S. The lowest BCUT2D eigenvalue weighted by Gasteiger charge is -2.07. The van der Waals surface area contributed by atoms with Crippen molar-refractivity contribution in [3.05, 3.63) is 58.3 Å². The molecule has 0 saturated carbocycles. The molecule has 3 aromatic rings. The Bertz CT molecular complexity index is 889. The predicted octanol–water partition coefficient (Wildman–Crippen LogP) is 4.10. The zero-order valence-corrected chi connectivity index (χ0v) is 14.0. The molecule has 8 heteroatoms. The second-order valence-corrected chi connectivity index (χ2v) is 5.92. The molecule has 0 aliphatic carbocycles. The van der Waals surface area contributed by atoms with Gasteiger partial charge in [-0.2, -0.15) is 0 Å². The Labute approximate surface area is 146 Å². The number of carbonyl (C=O) groups excluding carboxylic acids is 2. The van der Waals surface area contributed by atoms with Crippen molar-refractivity contribution < 1.29 is 18.7 Å². The fraction of sp³-hybridized carbons (Fsp3) is 0.0625. The third-order valence-corrected chi connectivity index (χ3v) is 4.28. The molecule has 0 aliphatic heterocycles. The Morgan fingerprint density at radius 3 is 2.88 bits per heavy atom. The highest BCUT2D eigenvalue weighted by atomic mass is 35.5. The zero-order chi connectivity index (χ0) is 17.1. The van der Waals surface area contributed by atoms with Crippen molar-refractivity contribution in [1.29, 1.82) is 0 Å². The van der Waals surface area contributed by atoms with Crippen LogP contribution in [-0.2, 0) is 4.74 Å². The normalized spacial score (nSPS) is 10.4. The summed E-state index contributed by atoms with van der Waals surface area (Å²) in [6.45, 7) is 0. The molecule has 24 heavy (non-hydrogen) atoms. The van der Waals surface area contributed by atoms with Gasteiger partial charge in [-0.25, -0.2) is 9.78 Å². The smallest absolute Gasteiger partial charge is 0.339 e. The fourth-order valence-corrected chi connectivity index (χ4v) is 2.92. The highest BCUT2D eigenvalue weighted by Gasteiger charge is 2.16. The Hall–Kier alpha value is -2.64. The molecule has 3 rings (SSSR count). The van der Waals surface area contributed by atoms with Crippen molar-refractivity contribution in [2.24, 2.45) is 0 Å². The lowest BCUT2D eigenvalue weighted by molar-refractivity contribution is 0.0600. The Morgan fingerprint density at radius 2 is 2.17 bits per heavy atom. The van der Waals surface area contributed by atoms with E-state index >= 15 is 0 Å². The second-order valence-electron chi connectivity index (χ2n) is 4.66. The summed E-state index contributed by atoms with van der Waals surface area (Å²) < 4.78 is 9.90. The predicted molar refractivity (Wildman–Crippen MR) is 90.6 cm³/mol. The molecular weight excluding hydrogens is 352 g/mol. The van der Waals surface area contributed by atoms with E-state index in [-0.39, 0.29) is 16.3 Å². The molecule has 0 spiro atoms. The van der Waals surface area contributed by atoms with Crippen LogP contribution in [0.25, 0.3) is 10.8 Å². The number of aromatic nitrogens is 1. The maximum Gasteiger partial charge on any atom is 0.339 e. The number of nitrogens with zero attached hydrogens (tertiary/aromatic N) is 1. The average molecular weight is 363 g/mol. The molecule has 0 saturated heterocycles. The minimum atomic E-state index is -0.579. The Balaban J connectivity index is 1.79. The van der Waals surface area contributed by atoms with Crippen LogP contribution < -0.4 is 5.32 Å². The molecule has 0 unspecified atom stereocenters. The summed E-state index contributed by atoms with van der Waals surface area (Å²) >= 11 is 7.25. The van der Waals surface area contributed by atoms with Gasteiger partial charge in [0.05, 0.1) is 24.0 Å². The topological polar surface area (TPSA) is 81.4 Å². The van der Waals surface area contributed by atoms with Crippen molar-refractivity contribution in [3.63, 3.8) is 0 Å². The van der Waals surface area contributed by atoms with E-state index in [2.05, 4.69) is 15.0 Å². The third kappa shape index (κ3) is 3.32. The number of benzene rings is 1. The highest BCUT2D eigenvalue weighted by molar-refractivity contribution is 7.13. The number of halogens is 1. The molecule has 1 N–H and O–H groups in total. The van der Waals surface area contributed by atoms with Crippen LogP contribution in [0.15, 0.2) is 46.4 Å². The molecule has 6 nitrogen and oxygen atoms in total. The van der Waals surface area contributed by atoms with Gasteiger partial charge in [0.25, 0.3) is 5.91 Å². The van der Waals surface area contributed by atoms with E-state index in [0.717, 1.165) is 0 Å². The van der Waals surface area contributed by atoms with E-state index in [4.69, 9.17) is 16.0 Å². The number of anilines is 1. The first-order chi connectivity index (χ1) is 11.6. The number of ether oxygens (including phenoxy) is 1. The molecule has 0 bridgehead atoms. The molecule has 1 aromatic carbocycles. The van der Waals surface area contributed by atoms with Crippen molar-refractivity contribution in [2.75, 3.05) is 12.4 Å². The summed E-state index contributed by atoms with van der Waals surface area (Å²) in [4.78, 5) is 28.2. The molecule has 2 heterocycles. The van der Waals surface area contributed by atoms with Crippen LogP contribution >= 0.6 is 22.9 Å². The number of amides is 1. The number of hydrogen-bond donors (Lipinski definition) is 1. The van der Waals surface area contributed by atoms with Crippen molar-refractivity contribution in [1.82, 2.24) is 4.98 Å². The summed E-state index contributed by atoms with van der Waals surface area (Å²) in [5, 5.41) is 5.15. The number of carbonyl (C=O) groups is 2. The largest absolute Gasteiger partial charge is 0.465 e. The summed E-state index contributed by atoms with van der Waals surface area (Å²) in [6, 6.07) is 8.07. The molecule has 2 aromatic heterocycles. The Morgan fingerprint density at radius 1 is 1.33 bits per heavy atom. The maximum atomic E-state index is 12.3. The van der Waals surface area contributed by atoms with Gasteiger partial charge in [0.1, 0.15) is 5.69 Å². The van der Waals surface area contributed by atoms with E-state index in [1.807, 2.05) is 0 Å². The lowest BCUT2D eigenvalue weighted by Crippen LogP contribution is -2.13. The van der Waals surface area contributed by atoms with Crippen LogP contribution in [0.4, 0.5) is 5.69 Å². The first kappa shape index (κ1) is 16.2. The van der Waals surface area contributed by atoms with Crippen LogP contribution in [0.2, 0.25) is 5.02 Å². The lowest BCUT2D eigenvalue weighted by atomic mass is 10.2. The van der Waals surface area contributed by atoms with E-state index < -0.39 is 11.9 Å². The molecule has 122 valence electrons. The van der Waals surface area contributed by atoms with E-state index in [1.165, 1.54) is 30.6 Å². The van der Waals surface area contributed by atoms with Gasteiger partial charge in [0.2, 0.25) is 0 Å². The van der Waals surface area contributed by atoms with Crippen LogP contribution in [0.1, 0.15) is 20.8 Å². The minimum Gasteiger partial charge on any atom is -0.465 e. The van der Waals surface area contributed by atoms with Gasteiger partial charge in [-0.05, 0) is 30.3 Å². The van der Waals surface area contributed by atoms with Gasteiger partial charge >= 0.3 is 5.97 Å². The maximum absolute atomic E-state index is 12.3. The molecule has 0 aliphatic rings. The van der Waals surface area contributed by atoms with Crippen molar-refractivity contribution >= 4 is 40.5 Å². The molecule has 0 atom stereocenters. The summed E-state index contributed by atoms with van der Waals surface area (Å²) in [5.74, 6) is -0.384. The number of hydrogen-bond acceptors (Lipinski definition) is 6. The fourth-order valence-electron chi connectivity index (χ4n) is 1.96. The SMILES string of the molecule is COC(=O)c1cc(NC(=O)c2csc(-c3ccco3)n2)ccc1Cl. The Kier molecular flexibility index (Phi) is 4.64. The minimum absolute atomic E-state index is 0.173. The number of esters is 1. The molecule has 1 amide bonds. The third-order valence-electron chi connectivity index (χ3n) is 3.10. The van der Waals surface area contributed by atoms with E-state index in [9.17, 15) is 9.59 Å². The second kappa shape index (κ2) is 6.86. The standard InChI is InChI=1S/C16H11ClN2O4S/c1-22-16(21)10-7-9(4-5-11(10)17)18-14(20)12-8-24-15(19-12)13-3-2-6-23-13/h2-8H,1H3,(H,18,20). The number of furan rings is 1. The van der Waals surface area contributed by atoms with Gasteiger partial charge < -0.3 is 14.5 Å². The van der Waals surface area contributed by atoms with Crippen LogP contribution in [0.3, 0.4) is 0 Å². The average Bonchev–Trinajstić information content (AvgIpc) is 3.26. The molecule has 0 fully saturated rings. The molecule has 0 radical (unpaired) electrons. The quantitative estimate of drug-likeness (QED) is 0.707. The number of methoxy groups -OCH3 is 1. The number of rotatable bonds is 4. The zero-order valence-electron chi connectivity index (χ0n) is 12.4.